The number of fused-ring (bicyclic) bond motifs is 1. The van der Waals surface area contributed by atoms with Crippen molar-refractivity contribution in [2.75, 3.05) is 22.3 Å². The SMILES string of the molecule is O=C(CCl)N=C1SC2CS(=O)(=O)CC2N1c1ccc(Oc2ccccc2)cc1. The lowest BCUT2D eigenvalue weighted by Gasteiger charge is -2.24. The molecule has 146 valence electrons. The van der Waals surface area contributed by atoms with Crippen molar-refractivity contribution in [1.29, 1.82) is 0 Å². The molecule has 0 aromatic heterocycles. The third-order valence-corrected chi connectivity index (χ3v) is 7.93. The van der Waals surface area contributed by atoms with E-state index in [0.717, 1.165) is 11.4 Å². The lowest BCUT2D eigenvalue weighted by molar-refractivity contribution is -0.115. The molecule has 2 aromatic rings. The maximum atomic E-state index is 12.1. The molecule has 6 nitrogen and oxygen atoms in total. The third kappa shape index (κ3) is 4.04. The van der Waals surface area contributed by atoms with E-state index in [4.69, 9.17) is 16.3 Å². The Labute approximate surface area is 172 Å². The third-order valence-electron chi connectivity index (χ3n) is 4.50. The van der Waals surface area contributed by atoms with Gasteiger partial charge in [0, 0.05) is 10.9 Å². The van der Waals surface area contributed by atoms with Crippen LogP contribution in [0.4, 0.5) is 5.69 Å². The van der Waals surface area contributed by atoms with E-state index < -0.39 is 15.7 Å². The maximum absolute atomic E-state index is 12.1. The number of nitrogens with zero attached hydrogens (tertiary/aromatic N) is 2. The number of amidine groups is 1. The normalized spacial score (nSPS) is 24.3. The molecule has 2 saturated heterocycles. The Morgan fingerprint density at radius 1 is 1.11 bits per heavy atom. The summed E-state index contributed by atoms with van der Waals surface area (Å²) < 4.78 is 30.0. The van der Waals surface area contributed by atoms with E-state index in [1.807, 2.05) is 59.5 Å². The Hall–Kier alpha value is -2.03. The van der Waals surface area contributed by atoms with Gasteiger partial charge < -0.3 is 9.64 Å². The van der Waals surface area contributed by atoms with Gasteiger partial charge in [-0.3, -0.25) is 4.79 Å². The van der Waals surface area contributed by atoms with E-state index in [9.17, 15) is 13.2 Å². The van der Waals surface area contributed by atoms with E-state index in [0.29, 0.717) is 10.9 Å². The Bertz CT molecular complexity index is 1010. The fraction of sp³-hybridized carbons (Fsp3) is 0.263. The van der Waals surface area contributed by atoms with Gasteiger partial charge in [0.2, 0.25) is 0 Å². The second kappa shape index (κ2) is 7.77. The molecule has 2 atom stereocenters. The summed E-state index contributed by atoms with van der Waals surface area (Å²) in [5.74, 6) is 0.857. The molecular formula is C19H17ClN2O4S2. The number of rotatable bonds is 4. The van der Waals surface area contributed by atoms with Crippen molar-refractivity contribution in [3.63, 3.8) is 0 Å². The minimum atomic E-state index is -3.11. The minimum Gasteiger partial charge on any atom is -0.457 e. The fourth-order valence-electron chi connectivity index (χ4n) is 3.30. The smallest absolute Gasteiger partial charge is 0.262 e. The first-order chi connectivity index (χ1) is 13.4. The molecule has 0 N–H and O–H groups in total. The molecular weight excluding hydrogens is 420 g/mol. The van der Waals surface area contributed by atoms with E-state index in [2.05, 4.69) is 4.99 Å². The highest BCUT2D eigenvalue weighted by atomic mass is 35.5. The summed E-state index contributed by atoms with van der Waals surface area (Å²) >= 11 is 6.91. The summed E-state index contributed by atoms with van der Waals surface area (Å²) in [6.45, 7) is 0. The van der Waals surface area contributed by atoms with Crippen molar-refractivity contribution in [3.05, 3.63) is 54.6 Å². The average molecular weight is 437 g/mol. The molecule has 2 aromatic carbocycles. The molecule has 9 heteroatoms. The van der Waals surface area contributed by atoms with Crippen LogP contribution in [0.5, 0.6) is 11.5 Å². The van der Waals surface area contributed by atoms with Crippen LogP contribution in [-0.4, -0.2) is 48.2 Å². The molecule has 28 heavy (non-hydrogen) atoms. The number of hydrogen-bond donors (Lipinski definition) is 0. The number of thioether (sulfide) groups is 1. The largest absolute Gasteiger partial charge is 0.457 e. The molecule has 0 aliphatic carbocycles. The van der Waals surface area contributed by atoms with Crippen molar-refractivity contribution in [2.45, 2.75) is 11.3 Å². The first-order valence-electron chi connectivity index (χ1n) is 8.62. The van der Waals surface area contributed by atoms with Crippen molar-refractivity contribution in [1.82, 2.24) is 0 Å². The second-order valence-corrected chi connectivity index (χ2v) is 10.1. The van der Waals surface area contributed by atoms with Gasteiger partial charge in [-0.05, 0) is 36.4 Å². The van der Waals surface area contributed by atoms with Gasteiger partial charge in [0.05, 0.1) is 17.5 Å². The van der Waals surface area contributed by atoms with Gasteiger partial charge in [0.1, 0.15) is 17.4 Å². The monoisotopic (exact) mass is 436 g/mol. The number of carbonyl (C=O) groups is 1. The van der Waals surface area contributed by atoms with Crippen molar-refractivity contribution in [2.24, 2.45) is 4.99 Å². The number of ether oxygens (including phenoxy) is 1. The van der Waals surface area contributed by atoms with E-state index in [1.165, 1.54) is 11.8 Å². The lowest BCUT2D eigenvalue weighted by Crippen LogP contribution is -2.37. The van der Waals surface area contributed by atoms with Gasteiger partial charge in [0.15, 0.2) is 15.0 Å². The molecule has 4 rings (SSSR count). The summed E-state index contributed by atoms with van der Waals surface area (Å²) in [6.07, 6.45) is 0. The highest BCUT2D eigenvalue weighted by Gasteiger charge is 2.49. The van der Waals surface area contributed by atoms with Crippen molar-refractivity contribution < 1.29 is 17.9 Å². The predicted octanol–water partition coefficient (Wildman–Crippen LogP) is 3.32. The topological polar surface area (TPSA) is 76.0 Å². The van der Waals surface area contributed by atoms with Crippen LogP contribution < -0.4 is 9.64 Å². The molecule has 2 aliphatic heterocycles. The number of anilines is 1. The van der Waals surface area contributed by atoms with Gasteiger partial charge in [-0.25, -0.2) is 8.42 Å². The van der Waals surface area contributed by atoms with Crippen LogP contribution in [0, 0.1) is 0 Å². The highest BCUT2D eigenvalue weighted by Crippen LogP contribution is 2.41. The van der Waals surface area contributed by atoms with Crippen LogP contribution in [0.15, 0.2) is 59.6 Å². The number of alkyl halides is 1. The zero-order valence-corrected chi connectivity index (χ0v) is 17.1. The van der Waals surface area contributed by atoms with Crippen LogP contribution in [-0.2, 0) is 14.6 Å². The first-order valence-corrected chi connectivity index (χ1v) is 11.9. The van der Waals surface area contributed by atoms with Gasteiger partial charge in [-0.15, -0.1) is 11.6 Å². The first kappa shape index (κ1) is 19.3. The Balaban J connectivity index is 1.62. The quantitative estimate of drug-likeness (QED) is 0.684. The Kier molecular flexibility index (Phi) is 5.35. The van der Waals surface area contributed by atoms with Gasteiger partial charge in [0.25, 0.3) is 5.91 Å². The molecule has 2 heterocycles. The number of carbonyl (C=O) groups excluding carboxylic acids is 1. The molecule has 2 aliphatic rings. The van der Waals surface area contributed by atoms with Crippen LogP contribution in [0.1, 0.15) is 0 Å². The van der Waals surface area contributed by atoms with Crippen LogP contribution in [0.3, 0.4) is 0 Å². The lowest BCUT2D eigenvalue weighted by atomic mass is 10.2. The number of aliphatic imine (C=N–C) groups is 1. The molecule has 2 fully saturated rings. The number of amides is 1. The summed E-state index contributed by atoms with van der Waals surface area (Å²) in [5, 5.41) is 0.347. The van der Waals surface area contributed by atoms with Crippen LogP contribution >= 0.6 is 23.4 Å². The van der Waals surface area contributed by atoms with E-state index in [-0.39, 0.29) is 28.7 Å². The number of sulfone groups is 1. The molecule has 2 unspecified atom stereocenters. The molecule has 1 amide bonds. The maximum Gasteiger partial charge on any atom is 0.262 e. The zero-order valence-electron chi connectivity index (χ0n) is 14.7. The van der Waals surface area contributed by atoms with Gasteiger partial charge in [-0.2, -0.15) is 4.99 Å². The second-order valence-electron chi connectivity index (χ2n) is 6.50. The molecule has 0 bridgehead atoms. The predicted molar refractivity (Wildman–Crippen MR) is 112 cm³/mol. The van der Waals surface area contributed by atoms with Crippen LogP contribution in [0.25, 0.3) is 0 Å². The molecule has 0 radical (unpaired) electrons. The average Bonchev–Trinajstić information content (AvgIpc) is 3.14. The number of benzene rings is 2. The Morgan fingerprint density at radius 2 is 1.79 bits per heavy atom. The van der Waals surface area contributed by atoms with Crippen LogP contribution in [0.2, 0.25) is 0 Å². The summed E-state index contributed by atoms with van der Waals surface area (Å²) in [7, 11) is -3.11. The van der Waals surface area contributed by atoms with Gasteiger partial charge in [-0.1, -0.05) is 30.0 Å². The summed E-state index contributed by atoms with van der Waals surface area (Å²) in [5.41, 5.74) is 0.763. The fourth-order valence-corrected chi connectivity index (χ4v) is 7.29. The number of halogens is 1. The molecule has 0 spiro atoms. The minimum absolute atomic E-state index is 0.0427. The summed E-state index contributed by atoms with van der Waals surface area (Å²) in [4.78, 5) is 17.7. The number of para-hydroxylation sites is 1. The van der Waals surface area contributed by atoms with E-state index in [1.54, 1.807) is 0 Å². The summed E-state index contributed by atoms with van der Waals surface area (Å²) in [6, 6.07) is 16.5. The van der Waals surface area contributed by atoms with Gasteiger partial charge >= 0.3 is 0 Å². The van der Waals surface area contributed by atoms with E-state index >= 15 is 0 Å². The van der Waals surface area contributed by atoms with Crippen molar-refractivity contribution in [3.8, 4) is 11.5 Å². The molecule has 0 saturated carbocycles. The standard InChI is InChI=1S/C19H17ClN2O4S2/c20-10-18(23)21-19-22(16-11-28(24,25)12-17(16)27-19)13-6-8-15(9-7-13)26-14-4-2-1-3-5-14/h1-9,16-17H,10-12H2. The zero-order chi connectivity index (χ0) is 19.7. The Morgan fingerprint density at radius 3 is 2.46 bits per heavy atom. The highest BCUT2D eigenvalue weighted by molar-refractivity contribution is 8.16. The van der Waals surface area contributed by atoms with Crippen molar-refractivity contribution >= 4 is 50.0 Å². The number of hydrogen-bond acceptors (Lipinski definition) is 5.